The zero-order chi connectivity index (χ0) is 89.9. The number of morpholine rings is 2. The lowest BCUT2D eigenvalue weighted by Gasteiger charge is -2.45. The molecule has 0 saturated carbocycles. The Morgan fingerprint density at radius 2 is 0.695 bits per heavy atom. The van der Waals surface area contributed by atoms with Crippen LogP contribution in [0.25, 0.3) is 113 Å². The topological polar surface area (TPSA) is 327 Å². The number of aromatic hydroxyl groups is 1. The average Bonchev–Trinajstić information content (AvgIpc) is 1.77. The molecule has 13 heterocycles. The van der Waals surface area contributed by atoms with Gasteiger partial charge in [0, 0.05) is 137 Å². The van der Waals surface area contributed by atoms with E-state index in [-0.39, 0.29) is 34.9 Å². The van der Waals surface area contributed by atoms with Gasteiger partial charge in [0.1, 0.15) is 5.75 Å². The SMILES string of the molecule is CN(C)C1CCN(C(=O)c2ccc(-c3ccc4ncc(-c5ccc(C#N)cc5)n4n3)cc2)CC1.N#Cc1ccc(-c2cnc3ccc(-c4ccc(C(=O)N5CCC6(CCCCN6)CC5)cc4)nn23)cc1.N#Cc1ccc(-c2cnc3ccc(-c4ccc(C(=O)N5CCOCC5)cc4)nn23)cc1.O=C(c1ccc(-c2cn3c(-c4ccc(O)cc4)cnc3cn2)cc1)N1CCOCC1. The van der Waals surface area contributed by atoms with E-state index in [0.29, 0.717) is 97.6 Å². The summed E-state index contributed by atoms with van der Waals surface area (Å²) in [7, 11) is 4.20. The number of carbonyl (C=O) groups excluding carboxylic acids is 4. The number of imidazole rings is 4. The predicted octanol–water partition coefficient (Wildman–Crippen LogP) is 15.4. The number of amides is 4. The molecule has 28 nitrogen and oxygen atoms in total. The highest BCUT2D eigenvalue weighted by Gasteiger charge is 2.37. The maximum atomic E-state index is 13.2. The molecular weight excluding hydrogens is 1640 g/mol. The molecule has 16 aromatic rings. The summed E-state index contributed by atoms with van der Waals surface area (Å²) in [4.78, 5) is 83.6. The number of rotatable bonds is 13. The molecule has 5 aliphatic rings. The first-order valence-corrected chi connectivity index (χ1v) is 43.9. The minimum Gasteiger partial charge on any atom is -0.508 e. The Hall–Kier alpha value is -15.8. The first-order chi connectivity index (χ1) is 64.1. The van der Waals surface area contributed by atoms with Gasteiger partial charge in [-0.2, -0.15) is 31.1 Å². The molecule has 21 rings (SSSR count). The lowest BCUT2D eigenvalue weighted by Crippen LogP contribution is -2.56. The Morgan fingerprint density at radius 1 is 0.366 bits per heavy atom. The van der Waals surface area contributed by atoms with E-state index in [1.54, 1.807) is 84.0 Å². The second-order valence-electron chi connectivity index (χ2n) is 33.2. The monoisotopic (exact) mass is 1740 g/mol. The maximum absolute atomic E-state index is 13.2. The Labute approximate surface area is 756 Å². The predicted molar refractivity (Wildman–Crippen MR) is 497 cm³/mol. The van der Waals surface area contributed by atoms with E-state index >= 15 is 0 Å². The van der Waals surface area contributed by atoms with Crippen molar-refractivity contribution in [3.63, 3.8) is 0 Å². The lowest BCUT2D eigenvalue weighted by atomic mass is 9.80. The summed E-state index contributed by atoms with van der Waals surface area (Å²) < 4.78 is 18.0. The summed E-state index contributed by atoms with van der Waals surface area (Å²) in [6.45, 7) is 9.14. The number of nitrogens with one attached hydrogen (secondary N) is 1. The van der Waals surface area contributed by atoms with E-state index in [9.17, 15) is 24.3 Å². The second-order valence-corrected chi connectivity index (χ2v) is 33.2. The number of ether oxygens (including phenoxy) is 2. The van der Waals surface area contributed by atoms with Gasteiger partial charge in [-0.05, 0) is 205 Å². The van der Waals surface area contributed by atoms with Gasteiger partial charge in [0.15, 0.2) is 22.6 Å². The van der Waals surface area contributed by atoms with Crippen molar-refractivity contribution in [2.75, 3.05) is 99.4 Å². The van der Waals surface area contributed by atoms with Crippen LogP contribution in [0.2, 0.25) is 0 Å². The third kappa shape index (κ3) is 19.1. The minimum absolute atomic E-state index is 0.0240. The number of phenolic OH excluding ortho intramolecular Hbond substituents is 1. The molecule has 0 atom stereocenters. The minimum atomic E-state index is 0.0240. The lowest BCUT2D eigenvalue weighted by molar-refractivity contribution is 0.0301. The van der Waals surface area contributed by atoms with Gasteiger partial charge in [-0.1, -0.05) is 91.3 Å². The number of nitrogens with zero attached hydrogens (tertiary/aromatic N) is 20. The summed E-state index contributed by atoms with van der Waals surface area (Å²) in [5.74, 6) is 0.466. The smallest absolute Gasteiger partial charge is 0.254 e. The Morgan fingerprint density at radius 3 is 1.05 bits per heavy atom. The molecule has 5 aliphatic heterocycles. The van der Waals surface area contributed by atoms with Gasteiger partial charge in [0.25, 0.3) is 23.6 Å². The number of hydrogen-bond donors (Lipinski definition) is 2. The van der Waals surface area contributed by atoms with Gasteiger partial charge >= 0.3 is 0 Å². The highest BCUT2D eigenvalue weighted by atomic mass is 16.5. The number of likely N-dealkylation sites (tertiary alicyclic amines) is 2. The fourth-order valence-corrected chi connectivity index (χ4v) is 17.3. The first-order valence-electron chi connectivity index (χ1n) is 43.9. The van der Waals surface area contributed by atoms with E-state index in [4.69, 9.17) is 40.6 Å². The van der Waals surface area contributed by atoms with Crippen molar-refractivity contribution in [1.29, 1.82) is 15.8 Å². The zero-order valence-corrected chi connectivity index (χ0v) is 72.5. The Kier molecular flexibility index (Phi) is 25.5. The van der Waals surface area contributed by atoms with Crippen molar-refractivity contribution in [2.45, 2.75) is 56.5 Å². The van der Waals surface area contributed by atoms with Crippen LogP contribution in [0.5, 0.6) is 5.75 Å². The summed E-state index contributed by atoms with van der Waals surface area (Å²) in [5, 5.41) is 54.8. The van der Waals surface area contributed by atoms with Crippen LogP contribution in [-0.2, 0) is 9.47 Å². The molecule has 131 heavy (non-hydrogen) atoms. The molecular formula is C103H93N21O7. The largest absolute Gasteiger partial charge is 0.508 e. The maximum Gasteiger partial charge on any atom is 0.254 e. The number of hydrogen-bond acceptors (Lipinski definition) is 20. The number of fused-ring (bicyclic) bond motifs is 4. The number of nitriles is 3. The molecule has 652 valence electrons. The van der Waals surface area contributed by atoms with Crippen molar-refractivity contribution in [2.24, 2.45) is 0 Å². The van der Waals surface area contributed by atoms with Crippen molar-refractivity contribution < 1.29 is 33.8 Å². The number of carbonyl (C=O) groups is 4. The van der Waals surface area contributed by atoms with E-state index in [0.717, 1.165) is 171 Å². The molecule has 0 aliphatic carbocycles. The molecule has 2 N–H and O–H groups in total. The van der Waals surface area contributed by atoms with Crippen LogP contribution in [0, 0.1) is 34.0 Å². The van der Waals surface area contributed by atoms with Crippen LogP contribution in [0.15, 0.2) is 268 Å². The summed E-state index contributed by atoms with van der Waals surface area (Å²) in [6, 6.07) is 78.1. The fraction of sp³-hybridized carbons (Fsp3) is 0.233. The third-order valence-electron chi connectivity index (χ3n) is 25.0. The van der Waals surface area contributed by atoms with Crippen molar-refractivity contribution >= 4 is 46.2 Å². The van der Waals surface area contributed by atoms with Gasteiger partial charge in [0.05, 0.1) is 138 Å². The van der Waals surface area contributed by atoms with E-state index in [1.807, 2.05) is 221 Å². The van der Waals surface area contributed by atoms with Crippen LogP contribution in [-0.4, -0.2) is 222 Å². The molecule has 8 aromatic carbocycles. The molecule has 28 heteroatoms. The quantitative estimate of drug-likeness (QED) is 0.108. The van der Waals surface area contributed by atoms with Crippen molar-refractivity contribution in [1.82, 2.24) is 88.0 Å². The highest BCUT2D eigenvalue weighted by molar-refractivity contribution is 5.97. The van der Waals surface area contributed by atoms with Gasteiger partial charge in [-0.15, -0.1) is 0 Å². The molecule has 0 unspecified atom stereocenters. The van der Waals surface area contributed by atoms with Crippen LogP contribution >= 0.6 is 0 Å². The summed E-state index contributed by atoms with van der Waals surface area (Å²) in [5.41, 5.74) is 21.9. The standard InChI is InChI=1S/C29H28N6O.C27H26N6O.C24H19N5O2.C23H20N4O3/c30-19-21-3-5-23(6-4-21)26-20-31-27-12-11-25(33-35(26)27)22-7-9-24(10-8-22)28(36)34-17-14-29(15-18-34)13-1-2-16-32-29;1-31(2)23-13-15-32(16-14-23)27(34)22-9-7-20(8-10-22)24-11-12-26-29-18-25(33(26)30-24)21-5-3-19(17-28)4-6-21;25-15-17-1-3-19(4-2-17)22-16-26-23-10-9-21(27-29(22)23)18-5-7-20(8-6-18)24(30)28-11-13-31-14-12-28;28-19-7-5-17(6-8-19)21-13-25-22-14-24-20(15-27(21)22)16-1-3-18(4-2-16)23(29)26-9-11-30-12-10-26/h3-12,20,32H,1-2,13-18H2;3-12,18,23H,13-16H2,1-2H3;1-10,16H,11-14H2;1-8,13-15,28H,9-12H2. The number of phenols is 1. The van der Waals surface area contributed by atoms with Gasteiger partial charge in [-0.3, -0.25) is 28.6 Å². The molecule has 8 aromatic heterocycles. The van der Waals surface area contributed by atoms with Crippen molar-refractivity contribution in [3.05, 3.63) is 307 Å². The molecule has 4 amide bonds. The Bertz CT molecular complexity index is 6940. The van der Waals surface area contributed by atoms with Crippen LogP contribution in [0.3, 0.4) is 0 Å². The molecule has 5 fully saturated rings. The number of benzene rings is 8. The molecule has 1 spiro atoms. The Balaban J connectivity index is 0.000000118. The average molecular weight is 1740 g/mol. The van der Waals surface area contributed by atoms with Crippen LogP contribution in [0.1, 0.15) is 103 Å². The van der Waals surface area contributed by atoms with Crippen molar-refractivity contribution in [3.8, 4) is 114 Å². The molecule has 5 saturated heterocycles. The summed E-state index contributed by atoms with van der Waals surface area (Å²) in [6.07, 6.45) is 18.7. The van der Waals surface area contributed by atoms with Crippen LogP contribution < -0.4 is 5.32 Å². The third-order valence-corrected chi connectivity index (χ3v) is 25.0. The van der Waals surface area contributed by atoms with E-state index < -0.39 is 0 Å². The first kappa shape index (κ1) is 86.0. The van der Waals surface area contributed by atoms with Gasteiger partial charge < -0.3 is 44.4 Å². The fourth-order valence-electron chi connectivity index (χ4n) is 17.3. The highest BCUT2D eigenvalue weighted by Crippen LogP contribution is 2.35. The second kappa shape index (κ2) is 38.8. The normalized spacial score (nSPS) is 15.0. The number of piperidine rings is 3. The number of aromatic nitrogens is 12. The van der Waals surface area contributed by atoms with Gasteiger partial charge in [-0.25, -0.2) is 33.5 Å². The van der Waals surface area contributed by atoms with E-state index in [1.165, 1.54) is 19.3 Å². The van der Waals surface area contributed by atoms with E-state index in [2.05, 4.69) is 67.4 Å². The molecule has 0 radical (unpaired) electrons. The molecule has 0 bridgehead atoms. The zero-order valence-electron chi connectivity index (χ0n) is 72.5. The summed E-state index contributed by atoms with van der Waals surface area (Å²) >= 11 is 0. The van der Waals surface area contributed by atoms with Gasteiger partial charge in [0.2, 0.25) is 0 Å². The van der Waals surface area contributed by atoms with Crippen LogP contribution in [0.4, 0.5) is 0 Å².